The van der Waals surface area contributed by atoms with E-state index in [0.717, 1.165) is 6.42 Å². The van der Waals surface area contributed by atoms with Crippen LogP contribution in [0.5, 0.6) is 5.75 Å². The third-order valence-corrected chi connectivity index (χ3v) is 1.76. The van der Waals surface area contributed by atoms with Crippen molar-refractivity contribution in [2.24, 2.45) is 5.92 Å². The standard InChI is InChI=1S/C11H15O/c1-9(2)3-4-10-5-7-11(12)8-6-10/h3,5-9,12H,4H2,1-2H3. The summed E-state index contributed by atoms with van der Waals surface area (Å²) in [6.45, 7) is 4.33. The lowest BCUT2D eigenvalue weighted by Gasteiger charge is -2.03. The molecule has 0 bridgehead atoms. The van der Waals surface area contributed by atoms with E-state index in [1.807, 2.05) is 12.1 Å². The van der Waals surface area contributed by atoms with Gasteiger partial charge in [-0.25, -0.2) is 0 Å². The Bertz CT molecular complexity index is 223. The Kier molecular flexibility index (Phi) is 3.15. The second-order valence-electron chi connectivity index (χ2n) is 3.35. The Morgan fingerprint density at radius 1 is 1.25 bits per heavy atom. The minimum atomic E-state index is 0.336. The first kappa shape index (κ1) is 9.11. The number of hydrogen-bond acceptors (Lipinski definition) is 1. The van der Waals surface area contributed by atoms with E-state index in [2.05, 4.69) is 20.3 Å². The highest BCUT2D eigenvalue weighted by Gasteiger charge is 1.96. The van der Waals surface area contributed by atoms with Gasteiger partial charge < -0.3 is 5.11 Å². The van der Waals surface area contributed by atoms with E-state index in [-0.39, 0.29) is 0 Å². The van der Waals surface area contributed by atoms with Crippen molar-refractivity contribution in [3.05, 3.63) is 36.2 Å². The molecule has 0 aliphatic rings. The van der Waals surface area contributed by atoms with E-state index in [1.54, 1.807) is 12.1 Å². The van der Waals surface area contributed by atoms with Crippen LogP contribution < -0.4 is 0 Å². The fourth-order valence-electron chi connectivity index (χ4n) is 1.00. The van der Waals surface area contributed by atoms with Crippen LogP contribution in [0, 0.1) is 12.3 Å². The van der Waals surface area contributed by atoms with Crippen LogP contribution in [-0.4, -0.2) is 5.11 Å². The Balaban J connectivity index is 2.48. The number of aromatic hydroxyl groups is 1. The molecule has 0 spiro atoms. The van der Waals surface area contributed by atoms with E-state index in [9.17, 15) is 0 Å². The molecule has 0 aromatic heterocycles. The molecule has 0 heterocycles. The lowest BCUT2D eigenvalue weighted by molar-refractivity contribution is 0.475. The van der Waals surface area contributed by atoms with E-state index in [1.165, 1.54) is 5.56 Å². The monoisotopic (exact) mass is 163 g/mol. The van der Waals surface area contributed by atoms with E-state index < -0.39 is 0 Å². The van der Waals surface area contributed by atoms with Crippen LogP contribution >= 0.6 is 0 Å². The third-order valence-electron chi connectivity index (χ3n) is 1.76. The summed E-state index contributed by atoms with van der Waals surface area (Å²) in [5.74, 6) is 0.960. The normalized spacial score (nSPS) is 10.6. The molecule has 1 radical (unpaired) electrons. The van der Waals surface area contributed by atoms with Gasteiger partial charge in [-0.1, -0.05) is 26.0 Å². The molecule has 1 nitrogen and oxygen atoms in total. The summed E-state index contributed by atoms with van der Waals surface area (Å²) in [6, 6.07) is 7.36. The molecule has 1 aromatic carbocycles. The zero-order chi connectivity index (χ0) is 8.97. The van der Waals surface area contributed by atoms with Crippen LogP contribution in [0.1, 0.15) is 19.4 Å². The van der Waals surface area contributed by atoms with Crippen molar-refractivity contribution in [3.63, 3.8) is 0 Å². The minimum Gasteiger partial charge on any atom is -0.508 e. The van der Waals surface area contributed by atoms with Crippen molar-refractivity contribution in [3.8, 4) is 5.75 Å². The first-order valence-corrected chi connectivity index (χ1v) is 4.29. The van der Waals surface area contributed by atoms with Crippen LogP contribution in [0.15, 0.2) is 24.3 Å². The third kappa shape index (κ3) is 2.95. The van der Waals surface area contributed by atoms with Crippen molar-refractivity contribution in [1.29, 1.82) is 0 Å². The quantitative estimate of drug-likeness (QED) is 0.726. The van der Waals surface area contributed by atoms with E-state index in [0.29, 0.717) is 11.7 Å². The Hall–Kier alpha value is -0.980. The van der Waals surface area contributed by atoms with Gasteiger partial charge in [0.2, 0.25) is 0 Å². The molecule has 0 unspecified atom stereocenters. The van der Waals surface area contributed by atoms with Gasteiger partial charge in [0.25, 0.3) is 0 Å². The average molecular weight is 163 g/mol. The molecule has 0 saturated heterocycles. The zero-order valence-electron chi connectivity index (χ0n) is 7.62. The number of hydrogen-bond donors (Lipinski definition) is 1. The second-order valence-corrected chi connectivity index (χ2v) is 3.35. The SMILES string of the molecule is CC(C)[CH]Cc1ccc(O)cc1. The van der Waals surface area contributed by atoms with Crippen molar-refractivity contribution in [2.45, 2.75) is 20.3 Å². The summed E-state index contributed by atoms with van der Waals surface area (Å²) < 4.78 is 0. The van der Waals surface area contributed by atoms with Gasteiger partial charge in [-0.05, 0) is 36.5 Å². The smallest absolute Gasteiger partial charge is 0.115 e. The molecular weight excluding hydrogens is 148 g/mol. The summed E-state index contributed by atoms with van der Waals surface area (Å²) in [5, 5.41) is 9.02. The van der Waals surface area contributed by atoms with Crippen molar-refractivity contribution in [1.82, 2.24) is 0 Å². The molecular formula is C11H15O. The second kappa shape index (κ2) is 4.15. The first-order valence-electron chi connectivity index (χ1n) is 4.29. The van der Waals surface area contributed by atoms with Gasteiger partial charge in [-0.3, -0.25) is 0 Å². The summed E-state index contributed by atoms with van der Waals surface area (Å²) in [5.41, 5.74) is 1.25. The van der Waals surface area contributed by atoms with Gasteiger partial charge in [-0.15, -0.1) is 0 Å². The Morgan fingerprint density at radius 3 is 2.33 bits per heavy atom. The lowest BCUT2D eigenvalue weighted by atomic mass is 10.0. The molecule has 12 heavy (non-hydrogen) atoms. The molecule has 1 N–H and O–H groups in total. The molecule has 0 amide bonds. The van der Waals surface area contributed by atoms with Gasteiger partial charge in [0, 0.05) is 0 Å². The molecule has 0 saturated carbocycles. The minimum absolute atomic E-state index is 0.336. The summed E-state index contributed by atoms with van der Waals surface area (Å²) >= 11 is 0. The molecule has 0 fully saturated rings. The largest absolute Gasteiger partial charge is 0.508 e. The fraction of sp³-hybridized carbons (Fsp3) is 0.364. The molecule has 0 aliphatic carbocycles. The predicted octanol–water partition coefficient (Wildman–Crippen LogP) is 2.79. The Labute approximate surface area is 74.1 Å². The molecule has 0 aliphatic heterocycles. The van der Waals surface area contributed by atoms with Crippen molar-refractivity contribution in [2.75, 3.05) is 0 Å². The van der Waals surface area contributed by atoms with E-state index in [4.69, 9.17) is 5.11 Å². The van der Waals surface area contributed by atoms with Gasteiger partial charge in [0.05, 0.1) is 0 Å². The molecule has 65 valence electrons. The first-order chi connectivity index (χ1) is 5.68. The molecule has 0 atom stereocenters. The maximum Gasteiger partial charge on any atom is 0.115 e. The summed E-state index contributed by atoms with van der Waals surface area (Å²) in [7, 11) is 0. The van der Waals surface area contributed by atoms with E-state index >= 15 is 0 Å². The van der Waals surface area contributed by atoms with Crippen LogP contribution in [0.3, 0.4) is 0 Å². The van der Waals surface area contributed by atoms with Gasteiger partial charge >= 0.3 is 0 Å². The van der Waals surface area contributed by atoms with Crippen LogP contribution in [-0.2, 0) is 6.42 Å². The highest BCUT2D eigenvalue weighted by Crippen LogP contribution is 2.12. The van der Waals surface area contributed by atoms with Crippen LogP contribution in [0.2, 0.25) is 0 Å². The average Bonchev–Trinajstić information content (AvgIpc) is 2.03. The summed E-state index contributed by atoms with van der Waals surface area (Å²) in [6.07, 6.45) is 3.24. The number of phenols is 1. The highest BCUT2D eigenvalue weighted by molar-refractivity contribution is 5.26. The summed E-state index contributed by atoms with van der Waals surface area (Å²) in [4.78, 5) is 0. The van der Waals surface area contributed by atoms with Gasteiger partial charge in [-0.2, -0.15) is 0 Å². The topological polar surface area (TPSA) is 20.2 Å². The highest BCUT2D eigenvalue weighted by atomic mass is 16.3. The van der Waals surface area contributed by atoms with Gasteiger partial charge in [0.1, 0.15) is 5.75 Å². The zero-order valence-corrected chi connectivity index (χ0v) is 7.62. The Morgan fingerprint density at radius 2 is 1.83 bits per heavy atom. The number of rotatable bonds is 3. The van der Waals surface area contributed by atoms with Crippen LogP contribution in [0.25, 0.3) is 0 Å². The predicted molar refractivity (Wildman–Crippen MR) is 50.9 cm³/mol. The number of phenolic OH excluding ortho intramolecular Hbond substituents is 1. The van der Waals surface area contributed by atoms with Crippen LogP contribution in [0.4, 0.5) is 0 Å². The lowest BCUT2D eigenvalue weighted by Crippen LogP contribution is -1.92. The van der Waals surface area contributed by atoms with Gasteiger partial charge in [0.15, 0.2) is 0 Å². The van der Waals surface area contributed by atoms with Crippen molar-refractivity contribution >= 4 is 0 Å². The number of benzene rings is 1. The maximum atomic E-state index is 9.02. The van der Waals surface area contributed by atoms with Crippen molar-refractivity contribution < 1.29 is 5.11 Å². The molecule has 1 aromatic rings. The molecule has 1 heteroatoms. The maximum absolute atomic E-state index is 9.02. The fourth-order valence-corrected chi connectivity index (χ4v) is 1.00. The molecule has 1 rings (SSSR count).